The monoisotopic (exact) mass is 346 g/mol. The molecule has 3 aromatic rings. The molecule has 4 rings (SSSR count). The molecule has 1 aromatic heterocycles. The predicted molar refractivity (Wildman–Crippen MR) is 97.0 cm³/mol. The quantitative estimate of drug-likeness (QED) is 0.782. The summed E-state index contributed by atoms with van der Waals surface area (Å²) in [5.74, 6) is -0.815. The molecule has 0 fully saturated rings. The summed E-state index contributed by atoms with van der Waals surface area (Å²) in [5.41, 5.74) is 4.58. The van der Waals surface area contributed by atoms with Gasteiger partial charge in [0.1, 0.15) is 0 Å². The molecule has 2 aromatic carbocycles. The molecule has 130 valence electrons. The van der Waals surface area contributed by atoms with Gasteiger partial charge in [0.05, 0.1) is 28.2 Å². The number of carbonyl (C=O) groups excluding carboxylic acids is 1. The Hall–Kier alpha value is -3.21. The van der Waals surface area contributed by atoms with Gasteiger partial charge in [0, 0.05) is 12.8 Å². The number of hydrogen-bond acceptors (Lipinski definition) is 3. The minimum absolute atomic E-state index is 0.144. The normalized spacial score (nSPS) is 13.5. The zero-order chi connectivity index (χ0) is 18.1. The van der Waals surface area contributed by atoms with Crippen LogP contribution in [-0.4, -0.2) is 26.6 Å². The van der Waals surface area contributed by atoms with E-state index in [-0.39, 0.29) is 11.3 Å². The Bertz CT molecular complexity index is 972. The number of nitrogens with zero attached hydrogens (tertiary/aromatic N) is 2. The van der Waals surface area contributed by atoms with Crippen molar-refractivity contribution in [3.8, 4) is 5.69 Å². The van der Waals surface area contributed by atoms with Crippen LogP contribution in [0.15, 0.2) is 54.6 Å². The van der Waals surface area contributed by atoms with E-state index in [1.165, 1.54) is 0 Å². The first-order valence-electron chi connectivity index (χ1n) is 8.65. The lowest BCUT2D eigenvalue weighted by atomic mass is 9.92. The molecule has 0 amide bonds. The van der Waals surface area contributed by atoms with Gasteiger partial charge in [-0.25, -0.2) is 9.48 Å². The van der Waals surface area contributed by atoms with Crippen LogP contribution in [-0.2, 0) is 12.8 Å². The van der Waals surface area contributed by atoms with Crippen molar-refractivity contribution in [2.75, 3.05) is 0 Å². The molecule has 0 bridgehead atoms. The smallest absolute Gasteiger partial charge is 0.335 e. The maximum atomic E-state index is 12.6. The first-order valence-corrected chi connectivity index (χ1v) is 8.65. The molecule has 5 heteroatoms. The largest absolute Gasteiger partial charge is 0.478 e. The Kier molecular flexibility index (Phi) is 4.13. The third-order valence-electron chi connectivity index (χ3n) is 4.72. The summed E-state index contributed by atoms with van der Waals surface area (Å²) in [6.07, 6.45) is 2.77. The van der Waals surface area contributed by atoms with Crippen LogP contribution in [0.25, 0.3) is 5.69 Å². The van der Waals surface area contributed by atoms with Gasteiger partial charge >= 0.3 is 5.97 Å². The molecule has 26 heavy (non-hydrogen) atoms. The molecule has 1 heterocycles. The molecule has 0 atom stereocenters. The van der Waals surface area contributed by atoms with Crippen molar-refractivity contribution < 1.29 is 14.7 Å². The molecular formula is C21H18N2O3. The van der Waals surface area contributed by atoms with E-state index in [2.05, 4.69) is 0 Å². The van der Waals surface area contributed by atoms with E-state index in [1.807, 2.05) is 30.3 Å². The molecule has 0 radical (unpaired) electrons. The number of ketones is 1. The summed E-state index contributed by atoms with van der Waals surface area (Å²) < 4.78 is 1.80. The lowest BCUT2D eigenvalue weighted by molar-refractivity contribution is 0.0696. The van der Waals surface area contributed by atoms with Gasteiger partial charge in [0.2, 0.25) is 0 Å². The van der Waals surface area contributed by atoms with E-state index >= 15 is 0 Å². The summed E-state index contributed by atoms with van der Waals surface area (Å²) in [5, 5.41) is 13.8. The fourth-order valence-corrected chi connectivity index (χ4v) is 3.47. The summed E-state index contributed by atoms with van der Waals surface area (Å²) in [6, 6.07) is 16.6. The number of carboxylic acid groups (broad SMARTS) is 1. The minimum atomic E-state index is -0.959. The number of aromatic carboxylic acids is 1. The van der Waals surface area contributed by atoms with E-state index in [1.54, 1.807) is 28.9 Å². The van der Waals surface area contributed by atoms with Crippen molar-refractivity contribution in [2.24, 2.45) is 0 Å². The van der Waals surface area contributed by atoms with Crippen LogP contribution >= 0.6 is 0 Å². The van der Waals surface area contributed by atoms with Gasteiger partial charge in [-0.15, -0.1) is 0 Å². The lowest BCUT2D eigenvalue weighted by Crippen LogP contribution is -2.13. The molecule has 0 aliphatic heterocycles. The molecule has 1 aliphatic rings. The topological polar surface area (TPSA) is 72.2 Å². The first kappa shape index (κ1) is 16.3. The number of fused-ring (bicyclic) bond motifs is 1. The standard InChI is InChI=1S/C21H18N2O3/c24-19-8-4-7-18-20(19)17(13-14-5-2-1-3-6-14)22-23(18)16-11-9-15(10-12-16)21(25)26/h1-3,5-6,9-12H,4,7-8,13H2,(H,25,26). The number of carboxylic acids is 1. The highest BCUT2D eigenvalue weighted by molar-refractivity contribution is 5.99. The van der Waals surface area contributed by atoms with Gasteiger partial charge in [0.25, 0.3) is 0 Å². The van der Waals surface area contributed by atoms with Crippen molar-refractivity contribution in [3.05, 3.63) is 82.7 Å². The number of hydrogen-bond donors (Lipinski definition) is 1. The van der Waals surface area contributed by atoms with Crippen LogP contribution in [0.4, 0.5) is 0 Å². The Morgan fingerprint density at radius 2 is 1.77 bits per heavy atom. The van der Waals surface area contributed by atoms with Crippen LogP contribution in [0.2, 0.25) is 0 Å². The molecule has 5 nitrogen and oxygen atoms in total. The van der Waals surface area contributed by atoms with Gasteiger partial charge in [-0.1, -0.05) is 30.3 Å². The number of rotatable bonds is 4. The molecular weight excluding hydrogens is 328 g/mol. The van der Waals surface area contributed by atoms with Crippen molar-refractivity contribution in [2.45, 2.75) is 25.7 Å². The zero-order valence-electron chi connectivity index (χ0n) is 14.2. The van der Waals surface area contributed by atoms with E-state index in [0.717, 1.165) is 41.0 Å². The van der Waals surface area contributed by atoms with Gasteiger partial charge in [-0.2, -0.15) is 5.10 Å². The molecule has 1 aliphatic carbocycles. The van der Waals surface area contributed by atoms with Crippen LogP contribution < -0.4 is 0 Å². The minimum Gasteiger partial charge on any atom is -0.478 e. The van der Waals surface area contributed by atoms with Crippen molar-refractivity contribution in [1.82, 2.24) is 9.78 Å². The lowest BCUT2D eigenvalue weighted by Gasteiger charge is -2.13. The SMILES string of the molecule is O=C(O)c1ccc(-n2nc(Cc3ccccc3)c3c2CCCC3=O)cc1. The third kappa shape index (κ3) is 2.92. The highest BCUT2D eigenvalue weighted by atomic mass is 16.4. The summed E-state index contributed by atoms with van der Waals surface area (Å²) in [6.45, 7) is 0. The van der Waals surface area contributed by atoms with Crippen LogP contribution in [0.3, 0.4) is 0 Å². The summed E-state index contributed by atoms with van der Waals surface area (Å²) in [4.78, 5) is 23.6. The van der Waals surface area contributed by atoms with E-state index in [9.17, 15) is 9.59 Å². The van der Waals surface area contributed by atoms with Crippen molar-refractivity contribution >= 4 is 11.8 Å². The molecule has 0 saturated heterocycles. The van der Waals surface area contributed by atoms with E-state index in [4.69, 9.17) is 10.2 Å². The number of aromatic nitrogens is 2. The van der Waals surface area contributed by atoms with Gasteiger partial charge in [0.15, 0.2) is 5.78 Å². The average Bonchev–Trinajstić information content (AvgIpc) is 3.02. The Morgan fingerprint density at radius 1 is 1.04 bits per heavy atom. The number of carbonyl (C=O) groups is 2. The highest BCUT2D eigenvalue weighted by Crippen LogP contribution is 2.28. The van der Waals surface area contributed by atoms with Crippen LogP contribution in [0, 0.1) is 0 Å². The molecule has 0 unspecified atom stereocenters. The zero-order valence-corrected chi connectivity index (χ0v) is 14.2. The van der Waals surface area contributed by atoms with Crippen molar-refractivity contribution in [3.63, 3.8) is 0 Å². The fraction of sp³-hybridized carbons (Fsp3) is 0.190. The Balaban J connectivity index is 1.79. The van der Waals surface area contributed by atoms with Crippen LogP contribution in [0.5, 0.6) is 0 Å². The van der Waals surface area contributed by atoms with E-state index in [0.29, 0.717) is 12.8 Å². The number of benzene rings is 2. The van der Waals surface area contributed by atoms with Gasteiger partial charge in [-0.05, 0) is 42.7 Å². The average molecular weight is 346 g/mol. The predicted octanol–water partition coefficient (Wildman–Crippen LogP) is 3.68. The Morgan fingerprint density at radius 3 is 2.46 bits per heavy atom. The summed E-state index contributed by atoms with van der Waals surface area (Å²) in [7, 11) is 0. The fourth-order valence-electron chi connectivity index (χ4n) is 3.47. The maximum Gasteiger partial charge on any atom is 0.335 e. The van der Waals surface area contributed by atoms with Crippen LogP contribution in [0.1, 0.15) is 50.5 Å². The third-order valence-corrected chi connectivity index (χ3v) is 4.72. The molecule has 1 N–H and O–H groups in total. The second-order valence-electron chi connectivity index (χ2n) is 6.47. The molecule has 0 spiro atoms. The second-order valence-corrected chi connectivity index (χ2v) is 6.47. The van der Waals surface area contributed by atoms with Crippen molar-refractivity contribution in [1.29, 1.82) is 0 Å². The first-order chi connectivity index (χ1) is 12.6. The highest BCUT2D eigenvalue weighted by Gasteiger charge is 2.27. The second kappa shape index (κ2) is 6.59. The van der Waals surface area contributed by atoms with E-state index < -0.39 is 5.97 Å². The molecule has 0 saturated carbocycles. The van der Waals surface area contributed by atoms with Gasteiger partial charge < -0.3 is 5.11 Å². The Labute approximate surface area is 150 Å². The maximum absolute atomic E-state index is 12.6. The number of Topliss-reactive ketones (excluding diaryl/α,β-unsaturated/α-hetero) is 1. The van der Waals surface area contributed by atoms with Gasteiger partial charge in [-0.3, -0.25) is 4.79 Å². The summed E-state index contributed by atoms with van der Waals surface area (Å²) >= 11 is 0.